The van der Waals surface area contributed by atoms with E-state index in [1.807, 2.05) is 0 Å². The molecule has 0 aromatic carbocycles. The maximum Gasteiger partial charge on any atom is 0.135 e. The predicted octanol–water partition coefficient (Wildman–Crippen LogP) is 2.26. The SMILES string of the molecule is c1nc2c(c(N3CCCCCCNCCCCC3)n1)CCNC2. The number of hydrogen-bond donors (Lipinski definition) is 2. The molecule has 1 aromatic rings. The van der Waals surface area contributed by atoms with Crippen LogP contribution >= 0.6 is 0 Å². The zero-order valence-corrected chi connectivity index (χ0v) is 14.3. The molecule has 0 amide bonds. The van der Waals surface area contributed by atoms with Crippen LogP contribution in [0.5, 0.6) is 0 Å². The van der Waals surface area contributed by atoms with Crippen LogP contribution in [0.3, 0.4) is 0 Å². The van der Waals surface area contributed by atoms with E-state index in [-0.39, 0.29) is 0 Å². The van der Waals surface area contributed by atoms with E-state index in [0.29, 0.717) is 0 Å². The van der Waals surface area contributed by atoms with Gasteiger partial charge in [0.1, 0.15) is 12.1 Å². The van der Waals surface area contributed by atoms with Crippen molar-refractivity contribution in [2.75, 3.05) is 37.6 Å². The van der Waals surface area contributed by atoms with Crippen LogP contribution < -0.4 is 15.5 Å². The minimum Gasteiger partial charge on any atom is -0.356 e. The topological polar surface area (TPSA) is 53.1 Å². The second-order valence-corrected chi connectivity index (χ2v) is 6.76. The number of anilines is 1. The number of nitrogens with one attached hydrogen (secondary N) is 2. The van der Waals surface area contributed by atoms with Crippen LogP contribution in [0.15, 0.2) is 6.33 Å². The zero-order chi connectivity index (χ0) is 15.7. The molecule has 5 nitrogen and oxygen atoms in total. The summed E-state index contributed by atoms with van der Waals surface area (Å²) in [6.45, 7) is 6.59. The van der Waals surface area contributed by atoms with Crippen molar-refractivity contribution >= 4 is 5.82 Å². The lowest BCUT2D eigenvalue weighted by atomic mass is 10.1. The van der Waals surface area contributed by atoms with Crippen molar-refractivity contribution in [1.82, 2.24) is 20.6 Å². The van der Waals surface area contributed by atoms with Gasteiger partial charge in [-0.25, -0.2) is 9.97 Å². The Bertz CT molecular complexity index is 462. The molecule has 2 aliphatic heterocycles. The Balaban J connectivity index is 1.69. The van der Waals surface area contributed by atoms with Gasteiger partial charge in [-0.05, 0) is 51.7 Å². The summed E-state index contributed by atoms with van der Waals surface area (Å²) in [7, 11) is 0. The van der Waals surface area contributed by atoms with E-state index < -0.39 is 0 Å². The van der Waals surface area contributed by atoms with Crippen molar-refractivity contribution in [3.8, 4) is 0 Å². The number of aromatic nitrogens is 2. The lowest BCUT2D eigenvalue weighted by molar-refractivity contribution is 0.576. The summed E-state index contributed by atoms with van der Waals surface area (Å²) >= 11 is 0. The van der Waals surface area contributed by atoms with E-state index in [1.165, 1.54) is 75.1 Å². The molecular weight excluding hydrogens is 286 g/mol. The molecule has 0 spiro atoms. The molecule has 0 saturated carbocycles. The monoisotopic (exact) mass is 317 g/mol. The van der Waals surface area contributed by atoms with Gasteiger partial charge in [0.15, 0.2) is 0 Å². The molecule has 0 bridgehead atoms. The zero-order valence-electron chi connectivity index (χ0n) is 14.3. The van der Waals surface area contributed by atoms with Gasteiger partial charge in [-0.15, -0.1) is 0 Å². The van der Waals surface area contributed by atoms with Crippen molar-refractivity contribution in [3.63, 3.8) is 0 Å². The number of hydrogen-bond acceptors (Lipinski definition) is 5. The van der Waals surface area contributed by atoms with Gasteiger partial charge in [0.2, 0.25) is 0 Å². The molecule has 1 saturated heterocycles. The average molecular weight is 317 g/mol. The molecular formula is C18H31N5. The van der Waals surface area contributed by atoms with E-state index in [2.05, 4.69) is 25.5 Å². The molecule has 3 heterocycles. The van der Waals surface area contributed by atoms with Gasteiger partial charge < -0.3 is 15.5 Å². The lowest BCUT2D eigenvalue weighted by Crippen LogP contribution is -2.32. The van der Waals surface area contributed by atoms with Gasteiger partial charge in [-0.1, -0.05) is 19.3 Å². The third-order valence-electron chi connectivity index (χ3n) is 4.97. The molecule has 0 aliphatic carbocycles. The molecule has 128 valence electrons. The number of rotatable bonds is 1. The van der Waals surface area contributed by atoms with Crippen molar-refractivity contribution in [2.24, 2.45) is 0 Å². The summed E-state index contributed by atoms with van der Waals surface area (Å²) in [5, 5.41) is 6.98. The normalized spacial score (nSPS) is 21.7. The smallest absolute Gasteiger partial charge is 0.135 e. The highest BCUT2D eigenvalue weighted by atomic mass is 15.2. The lowest BCUT2D eigenvalue weighted by Gasteiger charge is -2.28. The fourth-order valence-electron chi connectivity index (χ4n) is 3.62. The van der Waals surface area contributed by atoms with Crippen LogP contribution in [0.4, 0.5) is 5.82 Å². The fraction of sp³-hybridized carbons (Fsp3) is 0.778. The van der Waals surface area contributed by atoms with Crippen molar-refractivity contribution in [2.45, 2.75) is 57.9 Å². The Morgan fingerprint density at radius 1 is 0.783 bits per heavy atom. The summed E-state index contributed by atoms with van der Waals surface area (Å²) in [4.78, 5) is 11.7. The molecule has 3 rings (SSSR count). The minimum absolute atomic E-state index is 0.893. The molecule has 1 fully saturated rings. The second kappa shape index (κ2) is 9.18. The van der Waals surface area contributed by atoms with Crippen molar-refractivity contribution in [3.05, 3.63) is 17.6 Å². The summed E-state index contributed by atoms with van der Waals surface area (Å²) in [5.74, 6) is 1.21. The van der Waals surface area contributed by atoms with Crippen LogP contribution in [0.1, 0.15) is 56.2 Å². The molecule has 5 heteroatoms. The van der Waals surface area contributed by atoms with Gasteiger partial charge in [-0.3, -0.25) is 0 Å². The predicted molar refractivity (Wildman–Crippen MR) is 94.8 cm³/mol. The second-order valence-electron chi connectivity index (χ2n) is 6.76. The first kappa shape index (κ1) is 16.7. The van der Waals surface area contributed by atoms with Gasteiger partial charge in [-0.2, -0.15) is 0 Å². The fourth-order valence-corrected chi connectivity index (χ4v) is 3.62. The van der Waals surface area contributed by atoms with Gasteiger partial charge in [0.25, 0.3) is 0 Å². The molecule has 2 N–H and O–H groups in total. The molecule has 0 unspecified atom stereocenters. The van der Waals surface area contributed by atoms with Crippen LogP contribution in [-0.4, -0.2) is 42.7 Å². The van der Waals surface area contributed by atoms with Crippen molar-refractivity contribution < 1.29 is 0 Å². The third-order valence-corrected chi connectivity index (χ3v) is 4.97. The van der Waals surface area contributed by atoms with E-state index >= 15 is 0 Å². The Kier molecular flexibility index (Phi) is 6.65. The molecule has 0 atom stereocenters. The van der Waals surface area contributed by atoms with Crippen LogP contribution in [0.25, 0.3) is 0 Å². The van der Waals surface area contributed by atoms with Gasteiger partial charge in [0.05, 0.1) is 5.69 Å². The van der Waals surface area contributed by atoms with Gasteiger partial charge in [0, 0.05) is 25.2 Å². The van der Waals surface area contributed by atoms with E-state index in [1.54, 1.807) is 6.33 Å². The highest BCUT2D eigenvalue weighted by Gasteiger charge is 2.19. The third kappa shape index (κ3) is 4.88. The Morgan fingerprint density at radius 2 is 1.52 bits per heavy atom. The van der Waals surface area contributed by atoms with Gasteiger partial charge >= 0.3 is 0 Å². The molecule has 1 aromatic heterocycles. The first-order valence-corrected chi connectivity index (χ1v) is 9.44. The minimum atomic E-state index is 0.893. The molecule has 23 heavy (non-hydrogen) atoms. The molecule has 2 aliphatic rings. The maximum atomic E-state index is 4.68. The highest BCUT2D eigenvalue weighted by molar-refractivity contribution is 5.49. The first-order valence-electron chi connectivity index (χ1n) is 9.44. The van der Waals surface area contributed by atoms with Crippen LogP contribution in [0, 0.1) is 0 Å². The Labute approximate surface area is 140 Å². The van der Waals surface area contributed by atoms with E-state index in [0.717, 1.165) is 32.6 Å². The summed E-state index contributed by atoms with van der Waals surface area (Å²) in [6, 6.07) is 0. The first-order chi connectivity index (χ1) is 11.4. The summed E-state index contributed by atoms with van der Waals surface area (Å²) in [5.41, 5.74) is 2.59. The number of nitrogens with zero attached hydrogens (tertiary/aromatic N) is 3. The Hall–Kier alpha value is -1.20. The van der Waals surface area contributed by atoms with Crippen LogP contribution in [0.2, 0.25) is 0 Å². The molecule has 0 radical (unpaired) electrons. The summed E-state index contributed by atoms with van der Waals surface area (Å²) < 4.78 is 0. The maximum absolute atomic E-state index is 4.68. The van der Waals surface area contributed by atoms with E-state index in [4.69, 9.17) is 0 Å². The average Bonchev–Trinajstić information content (AvgIpc) is 2.62. The standard InChI is InChI=1S/C18H31N5/c1-2-6-12-23(13-7-3-5-10-19-9-4-1)18-16-8-11-20-14-17(16)21-15-22-18/h15,19-20H,1-14H2. The van der Waals surface area contributed by atoms with Crippen molar-refractivity contribution in [1.29, 1.82) is 0 Å². The van der Waals surface area contributed by atoms with E-state index in [9.17, 15) is 0 Å². The number of fused-ring (bicyclic) bond motifs is 1. The Morgan fingerprint density at radius 3 is 2.35 bits per heavy atom. The largest absolute Gasteiger partial charge is 0.356 e. The highest BCUT2D eigenvalue weighted by Crippen LogP contribution is 2.23. The van der Waals surface area contributed by atoms with Crippen LogP contribution in [-0.2, 0) is 13.0 Å². The summed E-state index contributed by atoms with van der Waals surface area (Å²) in [6.07, 6.45) is 11.9. The quantitative estimate of drug-likeness (QED) is 0.832.